The summed E-state index contributed by atoms with van der Waals surface area (Å²) in [5, 5.41) is 10.6. The molecule has 7 nitrogen and oxygen atoms in total. The van der Waals surface area contributed by atoms with Crippen LogP contribution >= 0.6 is 0 Å². The molecule has 1 aromatic heterocycles. The Hall–Kier alpha value is -1.89. The van der Waals surface area contributed by atoms with E-state index in [-0.39, 0.29) is 6.10 Å². The van der Waals surface area contributed by atoms with Gasteiger partial charge in [0.1, 0.15) is 12.6 Å². The fourth-order valence-electron chi connectivity index (χ4n) is 2.22. The molecule has 0 spiro atoms. The van der Waals surface area contributed by atoms with Gasteiger partial charge in [0.2, 0.25) is 5.89 Å². The van der Waals surface area contributed by atoms with Crippen molar-refractivity contribution < 1.29 is 9.26 Å². The summed E-state index contributed by atoms with van der Waals surface area (Å²) >= 11 is 0. The van der Waals surface area contributed by atoms with Crippen molar-refractivity contribution in [1.82, 2.24) is 20.8 Å². The molecule has 0 fully saturated rings. The largest absolute Gasteiger partial charge is 0.371 e. The van der Waals surface area contributed by atoms with Crippen LogP contribution in [0.2, 0.25) is 0 Å². The average molecular weight is 307 g/mol. The highest BCUT2D eigenvalue weighted by Gasteiger charge is 2.14. The molecule has 122 valence electrons. The van der Waals surface area contributed by atoms with Crippen LogP contribution in [-0.2, 0) is 11.3 Å². The van der Waals surface area contributed by atoms with Gasteiger partial charge >= 0.3 is 0 Å². The van der Waals surface area contributed by atoms with E-state index in [0.29, 0.717) is 30.9 Å². The highest BCUT2D eigenvalue weighted by molar-refractivity contribution is 5.80. The average Bonchev–Trinajstić information content (AvgIpc) is 3.17. The van der Waals surface area contributed by atoms with Gasteiger partial charge in [0.15, 0.2) is 11.8 Å². The summed E-state index contributed by atoms with van der Waals surface area (Å²) in [5.74, 6) is 1.82. The first kappa shape index (κ1) is 16.5. The van der Waals surface area contributed by atoms with E-state index < -0.39 is 0 Å². The van der Waals surface area contributed by atoms with Crippen LogP contribution < -0.4 is 10.6 Å². The zero-order valence-electron chi connectivity index (χ0n) is 13.5. The molecule has 0 aliphatic heterocycles. The van der Waals surface area contributed by atoms with Gasteiger partial charge in [0.25, 0.3) is 0 Å². The second-order valence-electron chi connectivity index (χ2n) is 5.12. The fourth-order valence-corrected chi connectivity index (χ4v) is 2.22. The molecular formula is C15H25N5O2. The van der Waals surface area contributed by atoms with E-state index in [1.54, 1.807) is 0 Å². The molecule has 2 N–H and O–H groups in total. The first-order chi connectivity index (χ1) is 10.7. The van der Waals surface area contributed by atoms with E-state index in [2.05, 4.69) is 37.9 Å². The number of hydrogen-bond donors (Lipinski definition) is 2. The fraction of sp³-hybridized carbons (Fsp3) is 0.667. The summed E-state index contributed by atoms with van der Waals surface area (Å²) in [4.78, 5) is 8.81. The second kappa shape index (κ2) is 8.53. The normalized spacial score (nSPS) is 17.0. The Balaban J connectivity index is 1.91. The number of aromatic nitrogens is 2. The minimum Gasteiger partial charge on any atom is -0.371 e. The van der Waals surface area contributed by atoms with Gasteiger partial charge in [-0.15, -0.1) is 0 Å². The van der Waals surface area contributed by atoms with Crippen molar-refractivity contribution in [1.29, 1.82) is 0 Å². The predicted octanol–water partition coefficient (Wildman–Crippen LogP) is 1.94. The van der Waals surface area contributed by atoms with Crippen LogP contribution in [0.1, 0.15) is 51.4 Å². The summed E-state index contributed by atoms with van der Waals surface area (Å²) in [6.45, 7) is 7.66. The van der Waals surface area contributed by atoms with Gasteiger partial charge in [-0.2, -0.15) is 4.98 Å². The lowest BCUT2D eigenvalue weighted by molar-refractivity contribution is 0.0683. The van der Waals surface area contributed by atoms with Gasteiger partial charge < -0.3 is 19.9 Å². The molecule has 0 saturated heterocycles. The highest BCUT2D eigenvalue weighted by Crippen LogP contribution is 2.13. The van der Waals surface area contributed by atoms with Crippen LogP contribution in [0.15, 0.2) is 21.7 Å². The van der Waals surface area contributed by atoms with E-state index >= 15 is 0 Å². The Morgan fingerprint density at radius 3 is 2.91 bits per heavy atom. The number of nitrogens with one attached hydrogen (secondary N) is 2. The first-order valence-electron chi connectivity index (χ1n) is 7.86. The number of nitrogens with zero attached hydrogens (tertiary/aromatic N) is 3. The smallest absolute Gasteiger partial charge is 0.248 e. The molecule has 0 aromatic carbocycles. The topological polar surface area (TPSA) is 84.6 Å². The Morgan fingerprint density at radius 2 is 2.23 bits per heavy atom. The predicted molar refractivity (Wildman–Crippen MR) is 84.5 cm³/mol. The van der Waals surface area contributed by atoms with Crippen LogP contribution in [-0.4, -0.2) is 35.3 Å². The van der Waals surface area contributed by atoms with Crippen molar-refractivity contribution in [3.05, 3.63) is 23.9 Å². The molecule has 7 heteroatoms. The molecule has 0 radical (unpaired) electrons. The highest BCUT2D eigenvalue weighted by atomic mass is 16.5. The van der Waals surface area contributed by atoms with Gasteiger partial charge in [-0.25, -0.2) is 4.99 Å². The summed E-state index contributed by atoms with van der Waals surface area (Å²) in [5.41, 5.74) is 0. The van der Waals surface area contributed by atoms with Crippen LogP contribution in [0.5, 0.6) is 0 Å². The van der Waals surface area contributed by atoms with E-state index in [1.165, 1.54) is 0 Å². The lowest BCUT2D eigenvalue weighted by Crippen LogP contribution is -2.42. The molecule has 1 heterocycles. The molecule has 0 saturated carbocycles. The van der Waals surface area contributed by atoms with Gasteiger partial charge in [-0.3, -0.25) is 0 Å². The Bertz CT molecular complexity index is 504. The Labute approximate surface area is 131 Å². The monoisotopic (exact) mass is 307 g/mol. The third kappa shape index (κ3) is 4.84. The zero-order chi connectivity index (χ0) is 15.8. The molecule has 1 aliphatic carbocycles. The second-order valence-corrected chi connectivity index (χ2v) is 5.12. The van der Waals surface area contributed by atoms with Gasteiger partial charge in [-0.1, -0.05) is 17.3 Å². The third-order valence-electron chi connectivity index (χ3n) is 3.33. The molecule has 1 aromatic rings. The summed E-state index contributed by atoms with van der Waals surface area (Å²) in [6, 6.07) is 0.411. The number of guanidine groups is 1. The number of aliphatic imine (C=N–C) groups is 1. The number of rotatable bonds is 7. The van der Waals surface area contributed by atoms with E-state index in [9.17, 15) is 0 Å². The number of ether oxygens (including phenoxy) is 1. The maximum Gasteiger partial charge on any atom is 0.248 e. The van der Waals surface area contributed by atoms with Gasteiger partial charge in [0, 0.05) is 19.2 Å². The molecular weight excluding hydrogens is 282 g/mol. The van der Waals surface area contributed by atoms with Crippen molar-refractivity contribution in [3.8, 4) is 0 Å². The van der Waals surface area contributed by atoms with Crippen molar-refractivity contribution in [2.24, 2.45) is 4.99 Å². The van der Waals surface area contributed by atoms with E-state index in [0.717, 1.165) is 25.3 Å². The Kier molecular flexibility index (Phi) is 6.39. The maximum atomic E-state index is 5.44. The molecule has 1 aliphatic rings. The lowest BCUT2D eigenvalue weighted by atomic mass is 10.2. The quantitative estimate of drug-likeness (QED) is 0.455. The number of hydrogen-bond acceptors (Lipinski definition) is 5. The van der Waals surface area contributed by atoms with Crippen molar-refractivity contribution in [2.45, 2.75) is 52.3 Å². The van der Waals surface area contributed by atoms with Crippen molar-refractivity contribution >= 4 is 5.96 Å². The van der Waals surface area contributed by atoms with Gasteiger partial charge in [0.05, 0.1) is 0 Å². The maximum absolute atomic E-state index is 5.44. The van der Waals surface area contributed by atoms with Gasteiger partial charge in [-0.05, 0) is 33.6 Å². The molecule has 2 rings (SSSR count). The van der Waals surface area contributed by atoms with Crippen molar-refractivity contribution in [3.63, 3.8) is 0 Å². The van der Waals surface area contributed by atoms with Crippen LogP contribution in [0, 0.1) is 0 Å². The minimum absolute atomic E-state index is 0.164. The summed E-state index contributed by atoms with van der Waals surface area (Å²) in [6.07, 6.45) is 6.26. The van der Waals surface area contributed by atoms with Crippen LogP contribution in [0.25, 0.3) is 0 Å². The Morgan fingerprint density at radius 1 is 1.45 bits per heavy atom. The SMILES string of the molecule is CCNC(=NCc1nc(C(C)OCC)no1)NC1CC=CC1. The molecule has 0 amide bonds. The molecule has 1 atom stereocenters. The standard InChI is InChI=1S/C15H25N5O2/c1-4-16-15(18-12-8-6-7-9-12)17-10-13-19-14(20-22-13)11(3)21-5-2/h6-7,11-12H,4-5,8-10H2,1-3H3,(H2,16,17,18). The summed E-state index contributed by atoms with van der Waals surface area (Å²) < 4.78 is 10.7. The molecule has 1 unspecified atom stereocenters. The lowest BCUT2D eigenvalue weighted by Gasteiger charge is -2.16. The minimum atomic E-state index is -0.164. The third-order valence-corrected chi connectivity index (χ3v) is 3.33. The van der Waals surface area contributed by atoms with Crippen LogP contribution in [0.3, 0.4) is 0 Å². The van der Waals surface area contributed by atoms with E-state index in [1.807, 2.05) is 20.8 Å². The van der Waals surface area contributed by atoms with Crippen LogP contribution in [0.4, 0.5) is 0 Å². The first-order valence-corrected chi connectivity index (χ1v) is 7.86. The zero-order valence-corrected chi connectivity index (χ0v) is 13.5. The van der Waals surface area contributed by atoms with E-state index in [4.69, 9.17) is 9.26 Å². The summed E-state index contributed by atoms with van der Waals surface area (Å²) in [7, 11) is 0. The molecule has 0 bridgehead atoms. The molecule has 22 heavy (non-hydrogen) atoms. The van der Waals surface area contributed by atoms with Crippen molar-refractivity contribution in [2.75, 3.05) is 13.2 Å².